The standard InChI is InChI=1S/C17H21N3O4/c1-3-23-14-4-6-15(7-5-14)24-11-16(21)18-8-9-20-12-19-13(2)10-17(20)22/h4-7,10,12H,3,8-9,11H2,1-2H3,(H,18,21). The number of amides is 1. The number of carbonyl (C=O) groups is 1. The molecule has 24 heavy (non-hydrogen) atoms. The molecule has 0 fully saturated rings. The minimum atomic E-state index is -0.253. The van der Waals surface area contributed by atoms with Gasteiger partial charge in [-0.2, -0.15) is 0 Å². The van der Waals surface area contributed by atoms with Gasteiger partial charge in [0, 0.05) is 24.8 Å². The predicted octanol–water partition coefficient (Wildman–Crippen LogP) is 1.15. The molecule has 1 aromatic heterocycles. The molecule has 0 spiro atoms. The van der Waals surface area contributed by atoms with Crippen molar-refractivity contribution in [2.45, 2.75) is 20.4 Å². The molecule has 7 nitrogen and oxygen atoms in total. The summed E-state index contributed by atoms with van der Waals surface area (Å²) in [5.74, 6) is 1.09. The van der Waals surface area contributed by atoms with Gasteiger partial charge in [0.15, 0.2) is 6.61 Å². The maximum absolute atomic E-state index is 11.8. The van der Waals surface area contributed by atoms with Crippen molar-refractivity contribution in [2.75, 3.05) is 19.8 Å². The summed E-state index contributed by atoms with van der Waals surface area (Å²) in [5.41, 5.74) is 0.534. The average molecular weight is 331 g/mol. The van der Waals surface area contributed by atoms with Gasteiger partial charge in [-0.1, -0.05) is 0 Å². The highest BCUT2D eigenvalue weighted by atomic mass is 16.5. The zero-order valence-electron chi connectivity index (χ0n) is 13.8. The van der Waals surface area contributed by atoms with Crippen molar-refractivity contribution < 1.29 is 14.3 Å². The predicted molar refractivity (Wildman–Crippen MR) is 89.3 cm³/mol. The molecule has 2 aromatic rings. The molecule has 1 N–H and O–H groups in total. The smallest absolute Gasteiger partial charge is 0.258 e. The quantitative estimate of drug-likeness (QED) is 0.784. The summed E-state index contributed by atoms with van der Waals surface area (Å²) in [7, 11) is 0. The van der Waals surface area contributed by atoms with Crippen LogP contribution in [-0.2, 0) is 11.3 Å². The number of aryl methyl sites for hydroxylation is 1. The van der Waals surface area contributed by atoms with Gasteiger partial charge in [-0.15, -0.1) is 0 Å². The van der Waals surface area contributed by atoms with Gasteiger partial charge in [0.25, 0.3) is 11.5 Å². The maximum Gasteiger partial charge on any atom is 0.258 e. The zero-order chi connectivity index (χ0) is 17.4. The molecule has 1 aromatic carbocycles. The van der Waals surface area contributed by atoms with Crippen molar-refractivity contribution in [1.29, 1.82) is 0 Å². The number of hydrogen-bond acceptors (Lipinski definition) is 5. The van der Waals surface area contributed by atoms with Gasteiger partial charge < -0.3 is 14.8 Å². The Bertz CT molecular complexity index is 725. The van der Waals surface area contributed by atoms with Crippen LogP contribution in [0.5, 0.6) is 11.5 Å². The van der Waals surface area contributed by atoms with Crippen LogP contribution < -0.4 is 20.3 Å². The number of rotatable bonds is 8. The van der Waals surface area contributed by atoms with Gasteiger partial charge in [0.05, 0.1) is 12.9 Å². The lowest BCUT2D eigenvalue weighted by molar-refractivity contribution is -0.123. The molecule has 7 heteroatoms. The summed E-state index contributed by atoms with van der Waals surface area (Å²) >= 11 is 0. The summed E-state index contributed by atoms with van der Waals surface area (Å²) in [6.45, 7) is 4.87. The van der Waals surface area contributed by atoms with Crippen LogP contribution in [-0.4, -0.2) is 35.2 Å². The highest BCUT2D eigenvalue weighted by Crippen LogP contribution is 2.17. The molecule has 2 rings (SSSR count). The largest absolute Gasteiger partial charge is 0.494 e. The molecule has 0 aliphatic carbocycles. The first kappa shape index (κ1) is 17.5. The van der Waals surface area contributed by atoms with Crippen LogP contribution in [0.4, 0.5) is 0 Å². The molecule has 128 valence electrons. The number of ether oxygens (including phenoxy) is 2. The molecule has 0 radical (unpaired) electrons. The Hall–Kier alpha value is -2.83. The van der Waals surface area contributed by atoms with Crippen molar-refractivity contribution in [3.8, 4) is 11.5 Å². The fourth-order valence-electron chi connectivity index (χ4n) is 2.00. The fraction of sp³-hybridized carbons (Fsp3) is 0.353. The number of nitrogens with zero attached hydrogens (tertiary/aromatic N) is 2. The highest BCUT2D eigenvalue weighted by molar-refractivity contribution is 5.77. The Kier molecular flexibility index (Phi) is 6.36. The van der Waals surface area contributed by atoms with E-state index in [0.29, 0.717) is 31.1 Å². The van der Waals surface area contributed by atoms with Gasteiger partial charge in [0.2, 0.25) is 0 Å². The lowest BCUT2D eigenvalue weighted by Gasteiger charge is -2.09. The number of hydrogen-bond donors (Lipinski definition) is 1. The molecule has 0 atom stereocenters. The second kappa shape index (κ2) is 8.71. The van der Waals surface area contributed by atoms with E-state index in [0.717, 1.165) is 5.75 Å². The molecule has 0 saturated heterocycles. The SMILES string of the molecule is CCOc1ccc(OCC(=O)NCCn2cnc(C)cc2=O)cc1. The lowest BCUT2D eigenvalue weighted by atomic mass is 10.3. The van der Waals surface area contributed by atoms with E-state index in [9.17, 15) is 9.59 Å². The molecule has 0 saturated carbocycles. The molecule has 0 aliphatic heterocycles. The first-order chi connectivity index (χ1) is 11.6. The molecule has 1 heterocycles. The van der Waals surface area contributed by atoms with E-state index in [1.54, 1.807) is 31.2 Å². The first-order valence-electron chi connectivity index (χ1n) is 7.74. The van der Waals surface area contributed by atoms with Crippen molar-refractivity contribution in [3.05, 3.63) is 52.7 Å². The van der Waals surface area contributed by atoms with E-state index < -0.39 is 0 Å². The normalized spacial score (nSPS) is 10.2. The lowest BCUT2D eigenvalue weighted by Crippen LogP contribution is -2.33. The Morgan fingerprint density at radius 3 is 2.50 bits per heavy atom. The summed E-state index contributed by atoms with van der Waals surface area (Å²) in [6, 6.07) is 8.52. The minimum Gasteiger partial charge on any atom is -0.494 e. The Morgan fingerprint density at radius 1 is 1.21 bits per heavy atom. The molecule has 0 aliphatic rings. The van der Waals surface area contributed by atoms with E-state index in [2.05, 4.69) is 10.3 Å². The van der Waals surface area contributed by atoms with Gasteiger partial charge in [-0.05, 0) is 38.1 Å². The number of benzene rings is 1. The van der Waals surface area contributed by atoms with Crippen LogP contribution in [0, 0.1) is 6.92 Å². The third-order valence-electron chi connectivity index (χ3n) is 3.20. The Morgan fingerprint density at radius 2 is 1.88 bits per heavy atom. The number of aromatic nitrogens is 2. The maximum atomic E-state index is 11.8. The van der Waals surface area contributed by atoms with Crippen LogP contribution in [0.25, 0.3) is 0 Å². The van der Waals surface area contributed by atoms with E-state index in [-0.39, 0.29) is 18.1 Å². The molecule has 0 unspecified atom stereocenters. The van der Waals surface area contributed by atoms with Gasteiger partial charge >= 0.3 is 0 Å². The number of carbonyl (C=O) groups excluding carboxylic acids is 1. The van der Waals surface area contributed by atoms with Crippen LogP contribution in [0.15, 0.2) is 41.5 Å². The van der Waals surface area contributed by atoms with Crippen molar-refractivity contribution in [3.63, 3.8) is 0 Å². The topological polar surface area (TPSA) is 82.4 Å². The fourth-order valence-corrected chi connectivity index (χ4v) is 2.00. The van der Waals surface area contributed by atoms with Crippen molar-refractivity contribution in [1.82, 2.24) is 14.9 Å². The summed E-state index contributed by atoms with van der Waals surface area (Å²) in [4.78, 5) is 27.5. The van der Waals surface area contributed by atoms with E-state index >= 15 is 0 Å². The molecular formula is C17H21N3O4. The third kappa shape index (κ3) is 5.42. The van der Waals surface area contributed by atoms with Crippen LogP contribution in [0.3, 0.4) is 0 Å². The van der Waals surface area contributed by atoms with Crippen LogP contribution in [0.1, 0.15) is 12.6 Å². The monoisotopic (exact) mass is 331 g/mol. The molecule has 0 bridgehead atoms. The third-order valence-corrected chi connectivity index (χ3v) is 3.20. The second-order valence-corrected chi connectivity index (χ2v) is 5.10. The van der Waals surface area contributed by atoms with Gasteiger partial charge in [0.1, 0.15) is 11.5 Å². The van der Waals surface area contributed by atoms with E-state index in [1.165, 1.54) is 17.0 Å². The van der Waals surface area contributed by atoms with Crippen molar-refractivity contribution in [2.24, 2.45) is 0 Å². The van der Waals surface area contributed by atoms with Gasteiger partial charge in [-0.25, -0.2) is 4.98 Å². The summed E-state index contributed by atoms with van der Waals surface area (Å²) in [6.07, 6.45) is 1.47. The Labute approximate surface area is 140 Å². The van der Waals surface area contributed by atoms with Crippen LogP contribution in [0.2, 0.25) is 0 Å². The zero-order valence-corrected chi connectivity index (χ0v) is 13.8. The van der Waals surface area contributed by atoms with Gasteiger partial charge in [-0.3, -0.25) is 14.2 Å². The summed E-state index contributed by atoms with van der Waals surface area (Å²) in [5, 5.41) is 2.70. The highest BCUT2D eigenvalue weighted by Gasteiger charge is 2.04. The van der Waals surface area contributed by atoms with Crippen LogP contribution >= 0.6 is 0 Å². The minimum absolute atomic E-state index is 0.0883. The van der Waals surface area contributed by atoms with Crippen molar-refractivity contribution >= 4 is 5.91 Å². The molecule has 1 amide bonds. The molecular weight excluding hydrogens is 310 g/mol. The number of nitrogens with one attached hydrogen (secondary N) is 1. The first-order valence-corrected chi connectivity index (χ1v) is 7.74. The van der Waals surface area contributed by atoms with E-state index in [1.807, 2.05) is 6.92 Å². The van der Waals surface area contributed by atoms with E-state index in [4.69, 9.17) is 9.47 Å². The second-order valence-electron chi connectivity index (χ2n) is 5.10. The average Bonchev–Trinajstić information content (AvgIpc) is 2.56. The summed E-state index contributed by atoms with van der Waals surface area (Å²) < 4.78 is 12.2. The Balaban J connectivity index is 1.72.